The molecule has 138 valence electrons. The van der Waals surface area contributed by atoms with Crippen molar-refractivity contribution in [3.05, 3.63) is 65.8 Å². The minimum absolute atomic E-state index is 0.0171. The molecule has 3 aromatic heterocycles. The number of pyridine rings is 2. The van der Waals surface area contributed by atoms with E-state index in [0.29, 0.717) is 17.8 Å². The van der Waals surface area contributed by atoms with Gasteiger partial charge >= 0.3 is 5.97 Å². The fourth-order valence-corrected chi connectivity index (χ4v) is 2.40. The minimum atomic E-state index is -1.10. The van der Waals surface area contributed by atoms with Gasteiger partial charge in [0.15, 0.2) is 0 Å². The fourth-order valence-electron chi connectivity index (χ4n) is 2.40. The molecule has 3 heterocycles. The molecule has 0 aliphatic carbocycles. The number of carbonyl (C=O) groups is 2. The highest BCUT2D eigenvalue weighted by molar-refractivity contribution is 5.94. The van der Waals surface area contributed by atoms with E-state index < -0.39 is 23.7 Å². The maximum absolute atomic E-state index is 13.2. The van der Waals surface area contributed by atoms with E-state index in [2.05, 4.69) is 25.6 Å². The lowest BCUT2D eigenvalue weighted by atomic mass is 10.1. The second kappa shape index (κ2) is 7.68. The third-order valence-corrected chi connectivity index (χ3v) is 3.78. The fraction of sp³-hybridized carbons (Fsp3) is 0.176. The smallest absolute Gasteiger partial charge is 0.337 e. The first-order valence-electron chi connectivity index (χ1n) is 8.00. The van der Waals surface area contributed by atoms with Crippen LogP contribution in [0, 0.1) is 5.82 Å². The third-order valence-electron chi connectivity index (χ3n) is 3.78. The largest absolute Gasteiger partial charge is 0.478 e. The van der Waals surface area contributed by atoms with E-state index in [1.165, 1.54) is 29.3 Å². The average Bonchev–Trinajstić information content (AvgIpc) is 3.16. The van der Waals surface area contributed by atoms with Crippen molar-refractivity contribution in [1.82, 2.24) is 30.3 Å². The van der Waals surface area contributed by atoms with Crippen molar-refractivity contribution in [1.29, 1.82) is 0 Å². The van der Waals surface area contributed by atoms with Gasteiger partial charge in [-0.05, 0) is 18.6 Å². The Balaban J connectivity index is 1.80. The summed E-state index contributed by atoms with van der Waals surface area (Å²) in [5, 5.41) is 19.8. The molecule has 0 aliphatic rings. The predicted octanol–water partition coefficient (Wildman–Crippen LogP) is 1.78. The molecule has 0 saturated heterocycles. The van der Waals surface area contributed by atoms with E-state index in [9.17, 15) is 14.0 Å². The van der Waals surface area contributed by atoms with Gasteiger partial charge in [-0.1, -0.05) is 12.1 Å². The van der Waals surface area contributed by atoms with Crippen LogP contribution in [-0.4, -0.2) is 41.9 Å². The monoisotopic (exact) mass is 370 g/mol. The Hall–Kier alpha value is -3.69. The summed E-state index contributed by atoms with van der Waals surface area (Å²) in [7, 11) is 0. The molecule has 3 rings (SSSR count). The van der Waals surface area contributed by atoms with Crippen LogP contribution in [0.2, 0.25) is 0 Å². The van der Waals surface area contributed by atoms with Crippen LogP contribution in [0.15, 0.2) is 43.1 Å². The highest BCUT2D eigenvalue weighted by atomic mass is 19.1. The summed E-state index contributed by atoms with van der Waals surface area (Å²) >= 11 is 0. The summed E-state index contributed by atoms with van der Waals surface area (Å²) < 4.78 is 14.6. The molecule has 2 N–H and O–H groups in total. The molecular formula is C17H15FN6O3. The summed E-state index contributed by atoms with van der Waals surface area (Å²) in [6.07, 6.45) is 7.04. The summed E-state index contributed by atoms with van der Waals surface area (Å²) in [4.78, 5) is 30.9. The number of carboxylic acid groups (broad SMARTS) is 1. The summed E-state index contributed by atoms with van der Waals surface area (Å²) in [5.41, 5.74) is 1.00. The number of aromatic carboxylic acids is 1. The first-order chi connectivity index (χ1) is 13.0. The second-order valence-corrected chi connectivity index (χ2v) is 5.65. The first-order valence-corrected chi connectivity index (χ1v) is 8.00. The molecule has 1 atom stereocenters. The third kappa shape index (κ3) is 4.11. The van der Waals surface area contributed by atoms with Crippen molar-refractivity contribution in [2.75, 3.05) is 0 Å². The zero-order chi connectivity index (χ0) is 19.4. The van der Waals surface area contributed by atoms with E-state index >= 15 is 0 Å². The van der Waals surface area contributed by atoms with Gasteiger partial charge in [0.2, 0.25) is 0 Å². The number of nitrogens with one attached hydrogen (secondary N) is 1. The number of carboxylic acids is 1. The predicted molar refractivity (Wildman–Crippen MR) is 90.8 cm³/mol. The number of amides is 1. The van der Waals surface area contributed by atoms with Gasteiger partial charge in [0.25, 0.3) is 5.91 Å². The van der Waals surface area contributed by atoms with Crippen LogP contribution in [0.3, 0.4) is 0 Å². The number of hydrogen-bond donors (Lipinski definition) is 2. The van der Waals surface area contributed by atoms with Crippen molar-refractivity contribution < 1.29 is 19.1 Å². The van der Waals surface area contributed by atoms with Crippen LogP contribution < -0.4 is 5.32 Å². The van der Waals surface area contributed by atoms with Crippen molar-refractivity contribution >= 4 is 11.9 Å². The molecule has 0 saturated carbocycles. The van der Waals surface area contributed by atoms with Gasteiger partial charge in [-0.15, -0.1) is 5.10 Å². The molecule has 1 unspecified atom stereocenters. The van der Waals surface area contributed by atoms with Crippen LogP contribution in [0.4, 0.5) is 4.39 Å². The van der Waals surface area contributed by atoms with Crippen molar-refractivity contribution in [3.8, 4) is 5.69 Å². The topological polar surface area (TPSA) is 123 Å². The molecular weight excluding hydrogens is 355 g/mol. The van der Waals surface area contributed by atoms with E-state index in [0.717, 1.165) is 12.3 Å². The van der Waals surface area contributed by atoms with Gasteiger partial charge < -0.3 is 10.4 Å². The molecule has 27 heavy (non-hydrogen) atoms. The zero-order valence-corrected chi connectivity index (χ0v) is 14.2. The van der Waals surface area contributed by atoms with Crippen molar-refractivity contribution in [2.24, 2.45) is 0 Å². The second-order valence-electron chi connectivity index (χ2n) is 5.65. The lowest BCUT2D eigenvalue weighted by Crippen LogP contribution is -2.28. The molecule has 10 heteroatoms. The lowest BCUT2D eigenvalue weighted by molar-refractivity contribution is 0.0696. The van der Waals surface area contributed by atoms with E-state index in [4.69, 9.17) is 5.11 Å². The Morgan fingerprint density at radius 1 is 1.19 bits per heavy atom. The van der Waals surface area contributed by atoms with Crippen LogP contribution >= 0.6 is 0 Å². The van der Waals surface area contributed by atoms with Gasteiger partial charge in [-0.3, -0.25) is 14.8 Å². The highest BCUT2D eigenvalue weighted by Crippen LogP contribution is 2.17. The van der Waals surface area contributed by atoms with Gasteiger partial charge in [0.05, 0.1) is 41.4 Å². The molecule has 9 nitrogen and oxygen atoms in total. The van der Waals surface area contributed by atoms with Gasteiger partial charge in [-0.25, -0.2) is 13.9 Å². The Labute approximate surface area is 152 Å². The first kappa shape index (κ1) is 18.1. The van der Waals surface area contributed by atoms with Crippen LogP contribution in [-0.2, 0) is 0 Å². The molecule has 0 aromatic carbocycles. The molecule has 3 aromatic rings. The van der Waals surface area contributed by atoms with Crippen LogP contribution in [0.5, 0.6) is 0 Å². The van der Waals surface area contributed by atoms with Crippen molar-refractivity contribution in [3.63, 3.8) is 0 Å². The molecule has 0 radical (unpaired) electrons. The molecule has 0 spiro atoms. The molecule has 0 bridgehead atoms. The van der Waals surface area contributed by atoms with Gasteiger partial charge in [0.1, 0.15) is 11.5 Å². The summed E-state index contributed by atoms with van der Waals surface area (Å²) in [5.74, 6) is -2.20. The van der Waals surface area contributed by atoms with E-state index in [-0.39, 0.29) is 11.1 Å². The number of aromatic nitrogens is 5. The van der Waals surface area contributed by atoms with Crippen LogP contribution in [0.1, 0.15) is 45.8 Å². The standard InChI is InChI=1S/C17H15FN6O3/c1-2-14(21-16(25)10-3-12(18)7-19-5-10)15-9-24(23-22-15)13-4-11(17(26)27)6-20-8-13/h3-9,14H,2H2,1H3,(H,21,25)(H,26,27). The van der Waals surface area contributed by atoms with Gasteiger partial charge in [0, 0.05) is 12.4 Å². The number of nitrogens with zero attached hydrogens (tertiary/aromatic N) is 5. The van der Waals surface area contributed by atoms with Crippen LogP contribution in [0.25, 0.3) is 5.69 Å². The normalized spacial score (nSPS) is 11.8. The quantitative estimate of drug-likeness (QED) is 0.678. The number of rotatable bonds is 6. The van der Waals surface area contributed by atoms with E-state index in [1.807, 2.05) is 6.92 Å². The number of halogens is 1. The summed E-state index contributed by atoms with van der Waals surface area (Å²) in [6, 6.07) is 2.03. The number of hydrogen-bond acceptors (Lipinski definition) is 6. The number of carbonyl (C=O) groups excluding carboxylic acids is 1. The molecule has 0 aliphatic heterocycles. The van der Waals surface area contributed by atoms with E-state index in [1.54, 1.807) is 6.20 Å². The Morgan fingerprint density at radius 2 is 1.93 bits per heavy atom. The Bertz CT molecular complexity index is 990. The minimum Gasteiger partial charge on any atom is -0.478 e. The Morgan fingerprint density at radius 3 is 2.63 bits per heavy atom. The van der Waals surface area contributed by atoms with Gasteiger partial charge in [-0.2, -0.15) is 0 Å². The Kier molecular flexibility index (Phi) is 5.15. The average molecular weight is 370 g/mol. The highest BCUT2D eigenvalue weighted by Gasteiger charge is 2.18. The van der Waals surface area contributed by atoms with Crippen molar-refractivity contribution in [2.45, 2.75) is 19.4 Å². The SMILES string of the molecule is CCC(NC(=O)c1cncc(F)c1)c1cn(-c2cncc(C(=O)O)c2)nn1. The maximum Gasteiger partial charge on any atom is 0.337 e. The molecule has 1 amide bonds. The lowest BCUT2D eigenvalue weighted by Gasteiger charge is -2.14. The maximum atomic E-state index is 13.2. The molecule has 0 fully saturated rings. The summed E-state index contributed by atoms with van der Waals surface area (Å²) in [6.45, 7) is 1.85. The zero-order valence-electron chi connectivity index (χ0n) is 14.2.